The van der Waals surface area contributed by atoms with E-state index in [9.17, 15) is 4.79 Å². The molecule has 0 aromatic heterocycles. The summed E-state index contributed by atoms with van der Waals surface area (Å²) in [5.74, 6) is 0.818. The molecule has 1 heterocycles. The summed E-state index contributed by atoms with van der Waals surface area (Å²) >= 11 is 0. The van der Waals surface area contributed by atoms with Gasteiger partial charge in [-0.25, -0.2) is 0 Å². The summed E-state index contributed by atoms with van der Waals surface area (Å²) in [4.78, 5) is 10.9. The fourth-order valence-electron chi connectivity index (χ4n) is 1.59. The lowest BCUT2D eigenvalue weighted by molar-refractivity contribution is -0.120. The average molecular weight is 178 g/mol. The third-order valence-corrected chi connectivity index (χ3v) is 2.21. The standard InChI is InChI=1S/C8H15NO.ClH/c1-6-4-3-5-9-8(6)7(2)10;/h6,8-9H,3-5H2,1-2H3;1H. The average Bonchev–Trinajstić information content (AvgIpc) is 1.88. The maximum Gasteiger partial charge on any atom is 0.146 e. The van der Waals surface area contributed by atoms with Crippen LogP contribution in [-0.4, -0.2) is 18.4 Å². The summed E-state index contributed by atoms with van der Waals surface area (Å²) in [5.41, 5.74) is 0. The molecule has 66 valence electrons. The molecular weight excluding hydrogens is 162 g/mol. The second kappa shape index (κ2) is 4.73. The van der Waals surface area contributed by atoms with Crippen LogP contribution in [-0.2, 0) is 4.79 Å². The Hall–Kier alpha value is -0.0800. The third kappa shape index (κ3) is 2.80. The van der Waals surface area contributed by atoms with Gasteiger partial charge in [0, 0.05) is 0 Å². The van der Waals surface area contributed by atoms with Gasteiger partial charge in [-0.2, -0.15) is 0 Å². The second-order valence-corrected chi connectivity index (χ2v) is 3.16. The molecule has 1 rings (SSSR count). The van der Waals surface area contributed by atoms with Crippen molar-refractivity contribution < 1.29 is 4.79 Å². The zero-order valence-corrected chi connectivity index (χ0v) is 7.91. The highest BCUT2D eigenvalue weighted by Crippen LogP contribution is 2.15. The minimum absolute atomic E-state index is 0. The molecule has 2 unspecified atom stereocenters. The van der Waals surface area contributed by atoms with Gasteiger partial charge < -0.3 is 5.32 Å². The first-order chi connectivity index (χ1) is 4.72. The van der Waals surface area contributed by atoms with Crippen LogP contribution >= 0.6 is 12.4 Å². The minimum atomic E-state index is 0. The van der Waals surface area contributed by atoms with Crippen LogP contribution in [0.2, 0.25) is 0 Å². The monoisotopic (exact) mass is 177 g/mol. The SMILES string of the molecule is CC(=O)C1NCCCC1C.Cl. The van der Waals surface area contributed by atoms with Crippen molar-refractivity contribution in [2.75, 3.05) is 6.54 Å². The molecule has 2 nitrogen and oxygen atoms in total. The van der Waals surface area contributed by atoms with Gasteiger partial charge in [-0.1, -0.05) is 6.92 Å². The second-order valence-electron chi connectivity index (χ2n) is 3.16. The molecule has 3 heteroatoms. The van der Waals surface area contributed by atoms with E-state index in [-0.39, 0.29) is 24.2 Å². The van der Waals surface area contributed by atoms with Crippen LogP contribution in [0.5, 0.6) is 0 Å². The Bertz CT molecular complexity index is 138. The predicted octanol–water partition coefficient (Wildman–Crippen LogP) is 1.39. The zero-order valence-electron chi connectivity index (χ0n) is 7.09. The van der Waals surface area contributed by atoms with Gasteiger partial charge in [0.2, 0.25) is 0 Å². The Morgan fingerprint density at radius 2 is 2.18 bits per heavy atom. The lowest BCUT2D eigenvalue weighted by Crippen LogP contribution is -2.44. The molecule has 0 saturated carbocycles. The van der Waals surface area contributed by atoms with Crippen molar-refractivity contribution in [1.29, 1.82) is 0 Å². The Morgan fingerprint density at radius 1 is 1.55 bits per heavy atom. The Labute approximate surface area is 74.2 Å². The van der Waals surface area contributed by atoms with Crippen molar-refractivity contribution in [3.8, 4) is 0 Å². The van der Waals surface area contributed by atoms with Crippen LogP contribution in [0.1, 0.15) is 26.7 Å². The number of carbonyl (C=O) groups is 1. The maximum atomic E-state index is 10.9. The highest BCUT2D eigenvalue weighted by molar-refractivity contribution is 5.85. The normalized spacial score (nSPS) is 30.7. The maximum absolute atomic E-state index is 10.9. The summed E-state index contributed by atoms with van der Waals surface area (Å²) in [6, 6.07) is 0.133. The molecule has 0 aliphatic carbocycles. The van der Waals surface area contributed by atoms with E-state index < -0.39 is 0 Å². The third-order valence-electron chi connectivity index (χ3n) is 2.21. The van der Waals surface area contributed by atoms with Gasteiger partial charge in [0.25, 0.3) is 0 Å². The molecule has 0 bridgehead atoms. The first-order valence-electron chi connectivity index (χ1n) is 3.95. The molecule has 2 atom stereocenters. The fraction of sp³-hybridized carbons (Fsp3) is 0.875. The number of hydrogen-bond donors (Lipinski definition) is 1. The van der Waals surface area contributed by atoms with Gasteiger partial charge in [0.1, 0.15) is 5.78 Å². The fourth-order valence-corrected chi connectivity index (χ4v) is 1.59. The number of hydrogen-bond acceptors (Lipinski definition) is 2. The molecule has 1 saturated heterocycles. The quantitative estimate of drug-likeness (QED) is 0.656. The topological polar surface area (TPSA) is 29.1 Å². The van der Waals surface area contributed by atoms with Gasteiger partial charge in [-0.15, -0.1) is 12.4 Å². The van der Waals surface area contributed by atoms with E-state index in [0.717, 1.165) is 6.54 Å². The Kier molecular flexibility index (Phi) is 4.69. The Balaban J connectivity index is 0.000001000. The van der Waals surface area contributed by atoms with E-state index in [0.29, 0.717) is 5.92 Å². The first-order valence-corrected chi connectivity index (χ1v) is 3.95. The molecule has 0 amide bonds. The van der Waals surface area contributed by atoms with E-state index in [4.69, 9.17) is 0 Å². The molecule has 0 spiro atoms. The van der Waals surface area contributed by atoms with E-state index in [1.54, 1.807) is 6.92 Å². The van der Waals surface area contributed by atoms with Crippen molar-refractivity contribution >= 4 is 18.2 Å². The molecule has 1 N–H and O–H groups in total. The van der Waals surface area contributed by atoms with Crippen LogP contribution in [0.3, 0.4) is 0 Å². The van der Waals surface area contributed by atoms with Crippen molar-refractivity contribution in [3.05, 3.63) is 0 Å². The van der Waals surface area contributed by atoms with Gasteiger partial charge >= 0.3 is 0 Å². The summed E-state index contributed by atoms with van der Waals surface area (Å²) < 4.78 is 0. The van der Waals surface area contributed by atoms with Crippen LogP contribution < -0.4 is 5.32 Å². The molecular formula is C8H16ClNO. The van der Waals surface area contributed by atoms with Crippen LogP contribution in [0.15, 0.2) is 0 Å². The number of rotatable bonds is 1. The highest BCUT2D eigenvalue weighted by atomic mass is 35.5. The summed E-state index contributed by atoms with van der Waals surface area (Å²) in [7, 11) is 0. The molecule has 1 aliphatic rings. The molecule has 0 aromatic carbocycles. The van der Waals surface area contributed by atoms with E-state index in [1.165, 1.54) is 12.8 Å². The summed E-state index contributed by atoms with van der Waals surface area (Å²) in [6.45, 7) is 4.81. The smallest absolute Gasteiger partial charge is 0.146 e. The number of carbonyl (C=O) groups excluding carboxylic acids is 1. The van der Waals surface area contributed by atoms with Gasteiger partial charge in [-0.05, 0) is 32.2 Å². The van der Waals surface area contributed by atoms with Crippen molar-refractivity contribution in [1.82, 2.24) is 5.32 Å². The van der Waals surface area contributed by atoms with E-state index in [1.807, 2.05) is 0 Å². The van der Waals surface area contributed by atoms with Gasteiger partial charge in [-0.3, -0.25) is 4.79 Å². The lowest BCUT2D eigenvalue weighted by atomic mass is 9.90. The largest absolute Gasteiger partial charge is 0.307 e. The van der Waals surface area contributed by atoms with Crippen LogP contribution in [0, 0.1) is 5.92 Å². The lowest BCUT2D eigenvalue weighted by Gasteiger charge is -2.27. The van der Waals surface area contributed by atoms with Crippen LogP contribution in [0.25, 0.3) is 0 Å². The number of nitrogens with one attached hydrogen (secondary N) is 1. The predicted molar refractivity (Wildman–Crippen MR) is 48.1 cm³/mol. The molecule has 0 radical (unpaired) electrons. The molecule has 1 aliphatic heterocycles. The molecule has 0 aromatic rings. The van der Waals surface area contributed by atoms with Gasteiger partial charge in [0.05, 0.1) is 6.04 Å². The van der Waals surface area contributed by atoms with E-state index in [2.05, 4.69) is 12.2 Å². The zero-order chi connectivity index (χ0) is 7.56. The highest BCUT2D eigenvalue weighted by Gasteiger charge is 2.23. The van der Waals surface area contributed by atoms with Crippen molar-refractivity contribution in [2.24, 2.45) is 5.92 Å². The van der Waals surface area contributed by atoms with Crippen molar-refractivity contribution in [2.45, 2.75) is 32.7 Å². The number of ketones is 1. The Morgan fingerprint density at radius 3 is 2.55 bits per heavy atom. The molecule has 1 fully saturated rings. The van der Waals surface area contributed by atoms with Crippen LogP contribution in [0.4, 0.5) is 0 Å². The first kappa shape index (κ1) is 10.9. The number of piperidine rings is 1. The number of Topliss-reactive ketones (excluding diaryl/α,β-unsaturated/α-hetero) is 1. The minimum Gasteiger partial charge on any atom is -0.307 e. The van der Waals surface area contributed by atoms with Gasteiger partial charge in [0.15, 0.2) is 0 Å². The molecule has 11 heavy (non-hydrogen) atoms. The van der Waals surface area contributed by atoms with E-state index >= 15 is 0 Å². The summed E-state index contributed by atoms with van der Waals surface area (Å²) in [6.07, 6.45) is 2.40. The number of halogens is 1. The van der Waals surface area contributed by atoms with Crippen molar-refractivity contribution in [3.63, 3.8) is 0 Å². The summed E-state index contributed by atoms with van der Waals surface area (Å²) in [5, 5.41) is 3.22.